The van der Waals surface area contributed by atoms with Crippen molar-refractivity contribution in [2.24, 2.45) is 5.41 Å². The molecule has 0 atom stereocenters. The summed E-state index contributed by atoms with van der Waals surface area (Å²) in [5.41, 5.74) is 3.79. The van der Waals surface area contributed by atoms with Crippen molar-refractivity contribution < 1.29 is 4.39 Å². The van der Waals surface area contributed by atoms with Crippen LogP contribution in [0.2, 0.25) is 0 Å². The van der Waals surface area contributed by atoms with Crippen LogP contribution >= 0.6 is 0 Å². The van der Waals surface area contributed by atoms with E-state index in [9.17, 15) is 4.39 Å². The van der Waals surface area contributed by atoms with Crippen molar-refractivity contribution in [2.45, 2.75) is 26.7 Å². The largest absolute Gasteiger partial charge is 0.207 e. The summed E-state index contributed by atoms with van der Waals surface area (Å²) in [5, 5.41) is 0. The van der Waals surface area contributed by atoms with Crippen molar-refractivity contribution >= 4 is 5.57 Å². The summed E-state index contributed by atoms with van der Waals surface area (Å²) in [6.45, 7) is 8.54. The Morgan fingerprint density at radius 2 is 1.75 bits per heavy atom. The Balaban J connectivity index is 2.34. The van der Waals surface area contributed by atoms with Crippen LogP contribution in [0.15, 0.2) is 42.5 Å². The van der Waals surface area contributed by atoms with E-state index in [2.05, 4.69) is 26.5 Å². The van der Waals surface area contributed by atoms with E-state index < -0.39 is 0 Å². The minimum Gasteiger partial charge on any atom is -0.207 e. The monoisotopic (exact) mass is 216 g/mol. The molecule has 1 heteroatoms. The summed E-state index contributed by atoms with van der Waals surface area (Å²) >= 11 is 0. The summed E-state index contributed by atoms with van der Waals surface area (Å²) in [5.74, 6) is -0.182. The first-order valence-electron chi connectivity index (χ1n) is 5.61. The molecule has 0 aromatic heterocycles. The standard InChI is InChI=1S/C15H17F/c1-11-8-13(10-15(2,3)9-11)12-4-6-14(16)7-5-12/h4-8H,1,9-10H2,2-3H3. The van der Waals surface area contributed by atoms with Gasteiger partial charge in [-0.15, -0.1) is 0 Å². The predicted molar refractivity (Wildman–Crippen MR) is 66.5 cm³/mol. The highest BCUT2D eigenvalue weighted by Crippen LogP contribution is 2.40. The number of hydrogen-bond donors (Lipinski definition) is 0. The van der Waals surface area contributed by atoms with E-state index in [1.807, 2.05) is 12.1 Å². The van der Waals surface area contributed by atoms with Crippen LogP contribution < -0.4 is 0 Å². The van der Waals surface area contributed by atoms with Gasteiger partial charge in [-0.25, -0.2) is 4.39 Å². The van der Waals surface area contributed by atoms with Crippen LogP contribution in [0.1, 0.15) is 32.3 Å². The molecule has 1 aromatic carbocycles. The van der Waals surface area contributed by atoms with Crippen LogP contribution in [0.25, 0.3) is 5.57 Å². The third-order valence-corrected chi connectivity index (χ3v) is 2.97. The highest BCUT2D eigenvalue weighted by atomic mass is 19.1. The molecule has 0 amide bonds. The fraction of sp³-hybridized carbons (Fsp3) is 0.333. The van der Waals surface area contributed by atoms with Crippen molar-refractivity contribution in [3.05, 3.63) is 53.9 Å². The van der Waals surface area contributed by atoms with Gasteiger partial charge in [0.15, 0.2) is 0 Å². The van der Waals surface area contributed by atoms with Gasteiger partial charge in [0.05, 0.1) is 0 Å². The van der Waals surface area contributed by atoms with Crippen LogP contribution in [-0.4, -0.2) is 0 Å². The van der Waals surface area contributed by atoms with E-state index in [4.69, 9.17) is 0 Å². The normalized spacial score (nSPS) is 19.4. The van der Waals surface area contributed by atoms with E-state index in [1.165, 1.54) is 17.7 Å². The van der Waals surface area contributed by atoms with Gasteiger partial charge in [-0.05, 0) is 41.5 Å². The maximum atomic E-state index is 12.8. The zero-order chi connectivity index (χ0) is 11.8. The second-order valence-electron chi connectivity index (χ2n) is 5.35. The average Bonchev–Trinajstić information content (AvgIpc) is 2.15. The topological polar surface area (TPSA) is 0 Å². The summed E-state index contributed by atoms with van der Waals surface area (Å²) in [4.78, 5) is 0. The maximum Gasteiger partial charge on any atom is 0.123 e. The predicted octanol–water partition coefficient (Wildman–Crippen LogP) is 4.59. The zero-order valence-electron chi connectivity index (χ0n) is 9.89. The molecule has 0 bridgehead atoms. The van der Waals surface area contributed by atoms with Crippen LogP contribution in [-0.2, 0) is 0 Å². The smallest absolute Gasteiger partial charge is 0.123 e. The molecule has 0 saturated carbocycles. The third-order valence-electron chi connectivity index (χ3n) is 2.97. The molecule has 0 saturated heterocycles. The highest BCUT2D eigenvalue weighted by molar-refractivity contribution is 5.70. The van der Waals surface area contributed by atoms with Gasteiger partial charge < -0.3 is 0 Å². The Morgan fingerprint density at radius 3 is 2.31 bits per heavy atom. The van der Waals surface area contributed by atoms with E-state index in [1.54, 1.807) is 0 Å². The molecule has 0 radical (unpaired) electrons. The van der Waals surface area contributed by atoms with Crippen LogP contribution in [0, 0.1) is 11.2 Å². The van der Waals surface area contributed by atoms with Crippen LogP contribution in [0.5, 0.6) is 0 Å². The molecule has 16 heavy (non-hydrogen) atoms. The van der Waals surface area contributed by atoms with Gasteiger partial charge in [0, 0.05) is 0 Å². The third kappa shape index (κ3) is 2.41. The van der Waals surface area contributed by atoms with E-state index in [0.29, 0.717) is 0 Å². The van der Waals surface area contributed by atoms with Gasteiger partial charge in [-0.3, -0.25) is 0 Å². The Hall–Kier alpha value is -1.37. The zero-order valence-corrected chi connectivity index (χ0v) is 9.89. The van der Waals surface area contributed by atoms with Gasteiger partial charge in [0.2, 0.25) is 0 Å². The molecule has 0 N–H and O–H groups in total. The van der Waals surface area contributed by atoms with Gasteiger partial charge in [0.1, 0.15) is 5.82 Å². The van der Waals surface area contributed by atoms with Crippen molar-refractivity contribution in [3.8, 4) is 0 Å². The first kappa shape index (κ1) is 11.1. The lowest BCUT2D eigenvalue weighted by atomic mass is 9.74. The number of allylic oxidation sites excluding steroid dienone is 3. The molecule has 2 rings (SSSR count). The first-order chi connectivity index (χ1) is 7.46. The maximum absolute atomic E-state index is 12.8. The molecule has 1 aliphatic rings. The molecule has 1 aromatic rings. The van der Waals surface area contributed by atoms with E-state index >= 15 is 0 Å². The lowest BCUT2D eigenvalue weighted by Gasteiger charge is -2.31. The summed E-state index contributed by atoms with van der Waals surface area (Å²) in [6.07, 6.45) is 4.20. The van der Waals surface area contributed by atoms with Crippen LogP contribution in [0.4, 0.5) is 4.39 Å². The molecular weight excluding hydrogens is 199 g/mol. The molecule has 0 heterocycles. The van der Waals surface area contributed by atoms with Crippen molar-refractivity contribution in [3.63, 3.8) is 0 Å². The lowest BCUT2D eigenvalue weighted by molar-refractivity contribution is 0.370. The minimum atomic E-state index is -0.182. The highest BCUT2D eigenvalue weighted by Gasteiger charge is 2.25. The molecule has 0 fully saturated rings. The Labute approximate surface area is 96.5 Å². The molecule has 84 valence electrons. The molecule has 1 aliphatic carbocycles. The van der Waals surface area contributed by atoms with Crippen molar-refractivity contribution in [2.75, 3.05) is 0 Å². The summed E-state index contributed by atoms with van der Waals surface area (Å²) in [6, 6.07) is 6.72. The molecule has 0 nitrogen and oxygen atoms in total. The Morgan fingerprint density at radius 1 is 1.12 bits per heavy atom. The van der Waals surface area contributed by atoms with E-state index in [-0.39, 0.29) is 11.2 Å². The van der Waals surface area contributed by atoms with Gasteiger partial charge in [0.25, 0.3) is 0 Å². The van der Waals surface area contributed by atoms with Gasteiger partial charge in [-0.1, -0.05) is 44.2 Å². The molecular formula is C15H17F. The molecule has 0 unspecified atom stereocenters. The minimum absolute atomic E-state index is 0.182. The second kappa shape index (κ2) is 3.89. The summed E-state index contributed by atoms with van der Waals surface area (Å²) < 4.78 is 12.8. The van der Waals surface area contributed by atoms with Crippen molar-refractivity contribution in [1.82, 2.24) is 0 Å². The number of hydrogen-bond acceptors (Lipinski definition) is 0. The molecule has 0 spiro atoms. The number of rotatable bonds is 1. The number of halogens is 1. The van der Waals surface area contributed by atoms with Gasteiger partial charge >= 0.3 is 0 Å². The SMILES string of the molecule is C=C1C=C(c2ccc(F)cc2)CC(C)(C)C1. The average molecular weight is 216 g/mol. The first-order valence-corrected chi connectivity index (χ1v) is 5.61. The molecule has 0 aliphatic heterocycles. The Kier molecular flexibility index (Phi) is 2.71. The van der Waals surface area contributed by atoms with Crippen molar-refractivity contribution in [1.29, 1.82) is 0 Å². The number of benzene rings is 1. The van der Waals surface area contributed by atoms with Gasteiger partial charge in [-0.2, -0.15) is 0 Å². The van der Waals surface area contributed by atoms with Crippen LogP contribution in [0.3, 0.4) is 0 Å². The quantitative estimate of drug-likeness (QED) is 0.644. The fourth-order valence-electron chi connectivity index (χ4n) is 2.39. The Bertz CT molecular complexity index is 435. The second-order valence-corrected chi connectivity index (χ2v) is 5.35. The van der Waals surface area contributed by atoms with E-state index in [0.717, 1.165) is 24.0 Å². The fourth-order valence-corrected chi connectivity index (χ4v) is 2.39. The lowest BCUT2D eigenvalue weighted by Crippen LogP contribution is -2.16. The summed E-state index contributed by atoms with van der Waals surface area (Å²) in [7, 11) is 0.